The van der Waals surface area contributed by atoms with Crippen LogP contribution in [0.25, 0.3) is 0 Å². The molecule has 1 aliphatic carbocycles. The molecule has 3 atom stereocenters. The van der Waals surface area contributed by atoms with Crippen molar-refractivity contribution >= 4 is 45.1 Å². The molecule has 20 heavy (non-hydrogen) atoms. The van der Waals surface area contributed by atoms with Crippen molar-refractivity contribution in [2.45, 2.75) is 19.8 Å². The molecule has 0 aromatic carbocycles. The second-order valence-corrected chi connectivity index (χ2v) is 6.38. The van der Waals surface area contributed by atoms with E-state index in [1.165, 1.54) is 6.20 Å². The number of aliphatic carboxylic acids is 1. The molecule has 3 unspecified atom stereocenters. The molecule has 1 aliphatic rings. The Morgan fingerprint density at radius 3 is 2.75 bits per heavy atom. The zero-order valence-electron chi connectivity index (χ0n) is 10.8. The summed E-state index contributed by atoms with van der Waals surface area (Å²) in [5.41, 5.74) is 0.384. The number of hydrogen-bond donors (Lipinski definition) is 2. The fourth-order valence-corrected chi connectivity index (χ4v) is 3.07. The molecular formula is C13H14BrClN2O3. The van der Waals surface area contributed by atoms with Crippen molar-refractivity contribution in [3.8, 4) is 0 Å². The lowest BCUT2D eigenvalue weighted by Gasteiger charge is -2.16. The maximum atomic E-state index is 12.3. The first-order valence-corrected chi connectivity index (χ1v) is 7.40. The van der Waals surface area contributed by atoms with Gasteiger partial charge in [-0.15, -0.1) is 0 Å². The van der Waals surface area contributed by atoms with Gasteiger partial charge >= 0.3 is 5.97 Å². The first kappa shape index (κ1) is 15.3. The minimum absolute atomic E-state index is 0.180. The number of rotatable bonds is 3. The van der Waals surface area contributed by atoms with E-state index in [1.54, 1.807) is 6.07 Å². The molecule has 2 rings (SSSR count). The van der Waals surface area contributed by atoms with Crippen LogP contribution in [0, 0.1) is 17.8 Å². The summed E-state index contributed by atoms with van der Waals surface area (Å²) in [5, 5.41) is 12.0. The third-order valence-electron chi connectivity index (χ3n) is 3.52. The lowest BCUT2D eigenvalue weighted by Crippen LogP contribution is -2.30. The van der Waals surface area contributed by atoms with Crippen molar-refractivity contribution in [3.05, 3.63) is 21.9 Å². The number of nitrogens with one attached hydrogen (secondary N) is 1. The molecule has 7 heteroatoms. The summed E-state index contributed by atoms with van der Waals surface area (Å²) >= 11 is 9.16. The number of carbonyl (C=O) groups excluding carboxylic acids is 1. The van der Waals surface area contributed by atoms with Gasteiger partial charge in [0.05, 0.1) is 17.5 Å². The van der Waals surface area contributed by atoms with Gasteiger partial charge < -0.3 is 10.4 Å². The molecule has 1 fully saturated rings. The van der Waals surface area contributed by atoms with E-state index >= 15 is 0 Å². The largest absolute Gasteiger partial charge is 0.481 e. The summed E-state index contributed by atoms with van der Waals surface area (Å²) in [6.07, 6.45) is 2.62. The third kappa shape index (κ3) is 3.30. The van der Waals surface area contributed by atoms with Crippen molar-refractivity contribution in [3.63, 3.8) is 0 Å². The Labute approximate surface area is 129 Å². The average Bonchev–Trinajstić information content (AvgIpc) is 2.76. The van der Waals surface area contributed by atoms with Crippen LogP contribution in [0.5, 0.6) is 0 Å². The Bertz CT molecular complexity index is 552. The van der Waals surface area contributed by atoms with E-state index in [0.717, 1.165) is 0 Å². The highest BCUT2D eigenvalue weighted by Gasteiger charge is 2.41. The first-order valence-electron chi connectivity index (χ1n) is 6.23. The molecule has 0 radical (unpaired) electrons. The second-order valence-electron chi connectivity index (χ2n) is 5.11. The normalized spacial score (nSPS) is 25.4. The number of carboxylic acid groups (broad SMARTS) is 1. The van der Waals surface area contributed by atoms with Crippen LogP contribution in [0.1, 0.15) is 19.8 Å². The predicted octanol–water partition coefficient (Wildman–Crippen LogP) is 3.18. The maximum Gasteiger partial charge on any atom is 0.307 e. The number of aromatic nitrogens is 1. The standard InChI is InChI=1S/C13H14BrClN2O3/c1-6-2-8(9(3-6)13(19)20)12(18)17-10-4-7(14)5-16-11(10)15/h4-6,8-9H,2-3H2,1H3,(H,17,18)(H,19,20). The Morgan fingerprint density at radius 2 is 2.10 bits per heavy atom. The number of pyridine rings is 1. The van der Waals surface area contributed by atoms with Crippen molar-refractivity contribution in [2.24, 2.45) is 17.8 Å². The lowest BCUT2D eigenvalue weighted by atomic mass is 9.95. The molecule has 0 bridgehead atoms. The number of hydrogen-bond acceptors (Lipinski definition) is 3. The number of carbonyl (C=O) groups is 2. The van der Waals surface area contributed by atoms with E-state index in [1.807, 2.05) is 6.92 Å². The molecule has 1 saturated carbocycles. The topological polar surface area (TPSA) is 79.3 Å². The van der Waals surface area contributed by atoms with Crippen molar-refractivity contribution in [1.82, 2.24) is 4.98 Å². The number of carboxylic acids is 1. The Kier molecular flexibility index (Phi) is 4.65. The molecule has 0 aliphatic heterocycles. The zero-order chi connectivity index (χ0) is 14.9. The molecule has 2 N–H and O–H groups in total. The fourth-order valence-electron chi connectivity index (χ4n) is 2.59. The number of nitrogens with zero attached hydrogens (tertiary/aromatic N) is 1. The lowest BCUT2D eigenvalue weighted by molar-refractivity contribution is -0.145. The maximum absolute atomic E-state index is 12.3. The van der Waals surface area contributed by atoms with Crippen LogP contribution in [-0.4, -0.2) is 22.0 Å². The second kappa shape index (κ2) is 6.10. The van der Waals surface area contributed by atoms with Crippen LogP contribution in [0.15, 0.2) is 16.7 Å². The minimum Gasteiger partial charge on any atom is -0.481 e. The van der Waals surface area contributed by atoms with Crippen molar-refractivity contribution in [2.75, 3.05) is 5.32 Å². The van der Waals surface area contributed by atoms with Crippen molar-refractivity contribution < 1.29 is 14.7 Å². The molecule has 1 heterocycles. The van der Waals surface area contributed by atoms with E-state index in [4.69, 9.17) is 11.6 Å². The predicted molar refractivity (Wildman–Crippen MR) is 78.6 cm³/mol. The molecule has 1 amide bonds. The van der Waals surface area contributed by atoms with Crippen molar-refractivity contribution in [1.29, 1.82) is 0 Å². The fraction of sp³-hybridized carbons (Fsp3) is 0.462. The van der Waals surface area contributed by atoms with Crippen LogP contribution >= 0.6 is 27.5 Å². The quantitative estimate of drug-likeness (QED) is 0.810. The van der Waals surface area contributed by atoms with E-state index < -0.39 is 17.8 Å². The van der Waals surface area contributed by atoms with Gasteiger partial charge in [0.2, 0.25) is 5.91 Å². The molecule has 5 nitrogen and oxygen atoms in total. The molecule has 0 spiro atoms. The van der Waals surface area contributed by atoms with Crippen LogP contribution in [0.4, 0.5) is 5.69 Å². The number of halogens is 2. The van der Waals surface area contributed by atoms with Crippen LogP contribution < -0.4 is 5.32 Å². The van der Waals surface area contributed by atoms with Gasteiger partial charge in [-0.2, -0.15) is 0 Å². The smallest absolute Gasteiger partial charge is 0.307 e. The monoisotopic (exact) mass is 360 g/mol. The zero-order valence-corrected chi connectivity index (χ0v) is 13.1. The van der Waals surface area contributed by atoms with Gasteiger partial charge in [-0.25, -0.2) is 4.98 Å². The summed E-state index contributed by atoms with van der Waals surface area (Å²) in [6, 6.07) is 1.64. The molecule has 1 aromatic heterocycles. The third-order valence-corrected chi connectivity index (χ3v) is 4.25. The van der Waals surface area contributed by atoms with E-state index in [9.17, 15) is 14.7 Å². The highest BCUT2D eigenvalue weighted by atomic mass is 79.9. The summed E-state index contributed by atoms with van der Waals surface area (Å²) in [6.45, 7) is 1.96. The van der Waals surface area contributed by atoms with Gasteiger partial charge in [0, 0.05) is 10.7 Å². The average molecular weight is 362 g/mol. The van der Waals surface area contributed by atoms with E-state index in [0.29, 0.717) is 23.0 Å². The SMILES string of the molecule is CC1CC(C(=O)O)C(C(=O)Nc2cc(Br)cnc2Cl)C1. The Morgan fingerprint density at radius 1 is 1.45 bits per heavy atom. The van der Waals surface area contributed by atoms with Crippen LogP contribution in [0.2, 0.25) is 5.15 Å². The molecule has 108 valence electrons. The summed E-state index contributed by atoms with van der Waals surface area (Å²) < 4.78 is 0.687. The molecular weight excluding hydrogens is 348 g/mol. The number of amides is 1. The molecule has 0 saturated heterocycles. The van der Waals surface area contributed by atoms with Gasteiger partial charge in [0.1, 0.15) is 0 Å². The highest BCUT2D eigenvalue weighted by molar-refractivity contribution is 9.10. The van der Waals surface area contributed by atoms with Gasteiger partial charge in [-0.05, 0) is 40.8 Å². The van der Waals surface area contributed by atoms with E-state index in [2.05, 4.69) is 26.2 Å². The van der Waals surface area contributed by atoms with Gasteiger partial charge in [-0.3, -0.25) is 9.59 Å². The Balaban J connectivity index is 2.15. The van der Waals surface area contributed by atoms with Gasteiger partial charge in [0.25, 0.3) is 0 Å². The Hall–Kier alpha value is -1.14. The first-order chi connectivity index (χ1) is 9.38. The highest BCUT2D eigenvalue weighted by Crippen LogP contribution is 2.37. The minimum atomic E-state index is -0.923. The van der Waals surface area contributed by atoms with Crippen LogP contribution in [-0.2, 0) is 9.59 Å². The summed E-state index contributed by atoms with van der Waals surface area (Å²) in [5.74, 6) is -2.18. The summed E-state index contributed by atoms with van der Waals surface area (Å²) in [7, 11) is 0. The van der Waals surface area contributed by atoms with Gasteiger partial charge in [-0.1, -0.05) is 18.5 Å². The van der Waals surface area contributed by atoms with Crippen LogP contribution in [0.3, 0.4) is 0 Å². The van der Waals surface area contributed by atoms with E-state index in [-0.39, 0.29) is 17.0 Å². The van der Waals surface area contributed by atoms with Gasteiger partial charge in [0.15, 0.2) is 5.15 Å². The molecule has 1 aromatic rings. The number of anilines is 1. The summed E-state index contributed by atoms with van der Waals surface area (Å²) in [4.78, 5) is 27.4.